The first kappa shape index (κ1) is 20.8. The molecule has 0 spiro atoms. The quantitative estimate of drug-likeness (QED) is 0.295. The zero-order valence-corrected chi connectivity index (χ0v) is 16.4. The summed E-state index contributed by atoms with van der Waals surface area (Å²) in [5.41, 5.74) is 7.67. The van der Waals surface area contributed by atoms with E-state index in [-0.39, 0.29) is 12.5 Å². The topological polar surface area (TPSA) is 125 Å². The second-order valence-corrected chi connectivity index (χ2v) is 8.03. The van der Waals surface area contributed by atoms with Crippen LogP contribution in [0.15, 0.2) is 36.4 Å². The second-order valence-electron chi connectivity index (χ2n) is 8.03. The van der Waals surface area contributed by atoms with Crippen molar-refractivity contribution in [2.24, 2.45) is 17.6 Å². The van der Waals surface area contributed by atoms with Crippen LogP contribution in [0.2, 0.25) is 0 Å². The number of carbonyl (C=O) groups excluding carboxylic acids is 2. The van der Waals surface area contributed by atoms with Crippen LogP contribution >= 0.6 is 0 Å². The predicted octanol–water partition coefficient (Wildman–Crippen LogP) is 1.16. The summed E-state index contributed by atoms with van der Waals surface area (Å²) < 4.78 is 0. The molecular formula is C22H25N3O4. The number of amides is 2. The van der Waals surface area contributed by atoms with Crippen molar-refractivity contribution in [3.63, 3.8) is 0 Å². The van der Waals surface area contributed by atoms with Gasteiger partial charge in [0.05, 0.1) is 0 Å². The highest BCUT2D eigenvalue weighted by molar-refractivity contribution is 6.01. The Kier molecular flexibility index (Phi) is 5.89. The average Bonchev–Trinajstić information content (AvgIpc) is 3.47. The van der Waals surface area contributed by atoms with Crippen molar-refractivity contribution >= 4 is 22.6 Å². The van der Waals surface area contributed by atoms with Crippen LogP contribution in [0.3, 0.4) is 0 Å². The molecule has 1 aliphatic rings. The maximum atomic E-state index is 12.6. The summed E-state index contributed by atoms with van der Waals surface area (Å²) in [6.45, 7) is 3.35. The van der Waals surface area contributed by atoms with Gasteiger partial charge in [-0.3, -0.25) is 14.8 Å². The van der Waals surface area contributed by atoms with Gasteiger partial charge in [-0.15, -0.1) is 0 Å². The molecule has 7 heteroatoms. The molecule has 6 N–H and O–H groups in total. The normalized spacial score (nSPS) is 19.1. The molecule has 0 bridgehead atoms. The lowest BCUT2D eigenvalue weighted by molar-refractivity contribution is -0.132. The molecular weight excluding hydrogens is 370 g/mol. The SMILES string of the molecule is CC(C)(N)C(NC(=O)c1ccc2cc(C#CC3CC3CO)ccc2c1)C(=O)NO. The third-order valence-corrected chi connectivity index (χ3v) is 5.05. The van der Waals surface area contributed by atoms with Gasteiger partial charge in [-0.25, -0.2) is 5.48 Å². The molecule has 0 saturated heterocycles. The molecule has 3 rings (SSSR count). The molecule has 3 atom stereocenters. The molecule has 29 heavy (non-hydrogen) atoms. The monoisotopic (exact) mass is 395 g/mol. The fraction of sp³-hybridized carbons (Fsp3) is 0.364. The Balaban J connectivity index is 1.77. The Morgan fingerprint density at radius 2 is 1.93 bits per heavy atom. The minimum Gasteiger partial charge on any atom is -0.396 e. The maximum Gasteiger partial charge on any atom is 0.267 e. The van der Waals surface area contributed by atoms with Gasteiger partial charge < -0.3 is 16.2 Å². The van der Waals surface area contributed by atoms with E-state index in [0.29, 0.717) is 11.5 Å². The highest BCUT2D eigenvalue weighted by atomic mass is 16.5. The Morgan fingerprint density at radius 1 is 1.24 bits per heavy atom. The number of aliphatic hydroxyl groups excluding tert-OH is 1. The van der Waals surface area contributed by atoms with E-state index in [1.54, 1.807) is 26.0 Å². The molecule has 0 heterocycles. The maximum absolute atomic E-state index is 12.6. The summed E-state index contributed by atoms with van der Waals surface area (Å²) in [6, 6.07) is 9.83. The van der Waals surface area contributed by atoms with Gasteiger partial charge in [-0.2, -0.15) is 0 Å². The predicted molar refractivity (Wildman–Crippen MR) is 109 cm³/mol. The number of hydroxylamine groups is 1. The molecule has 2 aromatic carbocycles. The molecule has 3 unspecified atom stereocenters. The Hall–Kier alpha value is -2.92. The van der Waals surface area contributed by atoms with Gasteiger partial charge in [0, 0.05) is 29.2 Å². The van der Waals surface area contributed by atoms with Crippen LogP contribution in [-0.2, 0) is 4.79 Å². The van der Waals surface area contributed by atoms with Crippen LogP contribution < -0.4 is 16.5 Å². The van der Waals surface area contributed by atoms with Crippen molar-refractivity contribution < 1.29 is 19.9 Å². The van der Waals surface area contributed by atoms with E-state index in [2.05, 4.69) is 17.2 Å². The van der Waals surface area contributed by atoms with Crippen molar-refractivity contribution in [2.75, 3.05) is 6.61 Å². The minimum absolute atomic E-state index is 0.185. The summed E-state index contributed by atoms with van der Waals surface area (Å²) in [4.78, 5) is 24.5. The molecule has 0 aliphatic heterocycles. The number of hydrogen-bond acceptors (Lipinski definition) is 5. The summed E-state index contributed by atoms with van der Waals surface area (Å²) in [5.74, 6) is 5.65. The zero-order valence-electron chi connectivity index (χ0n) is 16.4. The number of rotatable bonds is 5. The molecule has 2 aromatic rings. The van der Waals surface area contributed by atoms with Crippen LogP contribution in [0.5, 0.6) is 0 Å². The van der Waals surface area contributed by atoms with Gasteiger partial charge in [-0.05, 0) is 61.2 Å². The van der Waals surface area contributed by atoms with Crippen molar-refractivity contribution in [3.8, 4) is 11.8 Å². The molecule has 1 fully saturated rings. The minimum atomic E-state index is -1.10. The van der Waals surface area contributed by atoms with Gasteiger partial charge in [0.2, 0.25) is 0 Å². The third-order valence-electron chi connectivity index (χ3n) is 5.05. The van der Waals surface area contributed by atoms with Crippen LogP contribution in [0.1, 0.15) is 36.2 Å². The first-order valence-electron chi connectivity index (χ1n) is 9.43. The summed E-state index contributed by atoms with van der Waals surface area (Å²) in [5, 5.41) is 22.4. The standard InChI is InChI=1S/C22H25N3O4/c1-22(2,23)19(21(28)25-29)24-20(27)17-8-7-14-9-13(3-5-15(14)10-17)4-6-16-11-18(16)12-26/h3,5,7-10,16,18-19,26,29H,11-12,23H2,1-2H3,(H,24,27)(H,25,28). The number of benzene rings is 2. The highest BCUT2D eigenvalue weighted by Gasteiger charge is 2.35. The van der Waals surface area contributed by atoms with E-state index in [1.165, 1.54) is 5.48 Å². The van der Waals surface area contributed by atoms with E-state index >= 15 is 0 Å². The molecule has 1 aliphatic carbocycles. The van der Waals surface area contributed by atoms with Crippen molar-refractivity contribution in [1.29, 1.82) is 0 Å². The fourth-order valence-corrected chi connectivity index (χ4v) is 3.14. The van der Waals surface area contributed by atoms with Crippen LogP contribution in [0.4, 0.5) is 0 Å². The van der Waals surface area contributed by atoms with Crippen LogP contribution in [-0.4, -0.2) is 40.3 Å². The van der Waals surface area contributed by atoms with Gasteiger partial charge >= 0.3 is 0 Å². The molecule has 152 valence electrons. The molecule has 0 aromatic heterocycles. The number of carbonyl (C=O) groups is 2. The smallest absolute Gasteiger partial charge is 0.267 e. The van der Waals surface area contributed by atoms with Crippen molar-refractivity contribution in [2.45, 2.75) is 31.8 Å². The third kappa shape index (κ3) is 4.93. The van der Waals surface area contributed by atoms with Gasteiger partial charge in [0.1, 0.15) is 6.04 Å². The van der Waals surface area contributed by atoms with Crippen molar-refractivity contribution in [1.82, 2.24) is 10.8 Å². The number of nitrogens with one attached hydrogen (secondary N) is 2. The Morgan fingerprint density at radius 3 is 2.55 bits per heavy atom. The largest absolute Gasteiger partial charge is 0.396 e. The van der Waals surface area contributed by atoms with E-state index < -0.39 is 23.4 Å². The van der Waals surface area contributed by atoms with Gasteiger partial charge in [-0.1, -0.05) is 24.0 Å². The first-order chi connectivity index (χ1) is 13.7. The van der Waals surface area contributed by atoms with E-state index in [0.717, 1.165) is 22.8 Å². The molecule has 7 nitrogen and oxygen atoms in total. The number of fused-ring (bicyclic) bond motifs is 1. The lowest BCUT2D eigenvalue weighted by atomic mass is 9.94. The lowest BCUT2D eigenvalue weighted by Gasteiger charge is -2.29. The highest BCUT2D eigenvalue weighted by Crippen LogP contribution is 2.37. The molecule has 2 amide bonds. The van der Waals surface area contributed by atoms with E-state index in [1.807, 2.05) is 24.3 Å². The Bertz CT molecular complexity index is 1000. The summed E-state index contributed by atoms with van der Waals surface area (Å²) >= 11 is 0. The number of hydrogen-bond donors (Lipinski definition) is 5. The zero-order chi connectivity index (χ0) is 21.2. The fourth-order valence-electron chi connectivity index (χ4n) is 3.14. The van der Waals surface area contributed by atoms with E-state index in [9.17, 15) is 9.59 Å². The average molecular weight is 395 g/mol. The second kappa shape index (κ2) is 8.21. The van der Waals surface area contributed by atoms with Crippen LogP contribution in [0.25, 0.3) is 10.8 Å². The van der Waals surface area contributed by atoms with E-state index in [4.69, 9.17) is 16.0 Å². The number of aliphatic hydroxyl groups is 1. The molecule has 1 saturated carbocycles. The van der Waals surface area contributed by atoms with Crippen LogP contribution in [0, 0.1) is 23.7 Å². The Labute approximate surface area is 169 Å². The van der Waals surface area contributed by atoms with Gasteiger partial charge in [0.15, 0.2) is 0 Å². The summed E-state index contributed by atoms with van der Waals surface area (Å²) in [7, 11) is 0. The number of nitrogens with two attached hydrogens (primary N) is 1. The lowest BCUT2D eigenvalue weighted by Crippen LogP contribution is -2.61. The summed E-state index contributed by atoms with van der Waals surface area (Å²) in [6.07, 6.45) is 0.949. The van der Waals surface area contributed by atoms with Gasteiger partial charge in [0.25, 0.3) is 11.8 Å². The molecule has 0 radical (unpaired) electrons. The first-order valence-corrected chi connectivity index (χ1v) is 9.43. The van der Waals surface area contributed by atoms with Crippen molar-refractivity contribution in [3.05, 3.63) is 47.5 Å².